The maximum Gasteiger partial charge on any atom is 0.167 e. The van der Waals surface area contributed by atoms with Crippen molar-refractivity contribution in [2.24, 2.45) is 0 Å². The molecule has 3 rings (SSSR count). The van der Waals surface area contributed by atoms with Crippen LogP contribution >= 0.6 is 15.9 Å². The largest absolute Gasteiger partial charge is 0.453 e. The molecular weight excluding hydrogens is 349 g/mol. The second-order valence-corrected chi connectivity index (χ2v) is 6.17. The molecular formula is C16H15BrFN3O. The number of benzene rings is 2. The van der Waals surface area contributed by atoms with Gasteiger partial charge < -0.3 is 10.5 Å². The van der Waals surface area contributed by atoms with Gasteiger partial charge in [0.25, 0.3) is 0 Å². The summed E-state index contributed by atoms with van der Waals surface area (Å²) in [6, 6.07) is 8.36. The zero-order valence-electron chi connectivity index (χ0n) is 12.2. The molecule has 0 unspecified atom stereocenters. The van der Waals surface area contributed by atoms with Gasteiger partial charge in [0, 0.05) is 23.2 Å². The molecule has 0 atom stereocenters. The topological polar surface area (TPSA) is 53.1 Å². The van der Waals surface area contributed by atoms with E-state index in [1.54, 1.807) is 12.3 Å². The summed E-state index contributed by atoms with van der Waals surface area (Å²) in [6.45, 7) is 4.13. The van der Waals surface area contributed by atoms with E-state index in [-0.39, 0.29) is 11.8 Å². The second kappa shape index (κ2) is 5.61. The minimum absolute atomic E-state index is 0.130. The van der Waals surface area contributed by atoms with E-state index in [1.165, 1.54) is 12.1 Å². The Kier molecular flexibility index (Phi) is 3.78. The van der Waals surface area contributed by atoms with Crippen LogP contribution in [0.5, 0.6) is 11.5 Å². The molecule has 2 N–H and O–H groups in total. The Labute approximate surface area is 135 Å². The summed E-state index contributed by atoms with van der Waals surface area (Å²) < 4.78 is 22.2. The molecule has 0 fully saturated rings. The minimum Gasteiger partial charge on any atom is -0.453 e. The Balaban J connectivity index is 2.02. The fraction of sp³-hybridized carbons (Fsp3) is 0.188. The number of halogens is 2. The van der Waals surface area contributed by atoms with Crippen LogP contribution in [0.3, 0.4) is 0 Å². The van der Waals surface area contributed by atoms with E-state index in [4.69, 9.17) is 10.5 Å². The van der Waals surface area contributed by atoms with Crippen molar-refractivity contribution in [3.05, 3.63) is 46.8 Å². The van der Waals surface area contributed by atoms with Crippen molar-refractivity contribution in [1.29, 1.82) is 0 Å². The van der Waals surface area contributed by atoms with Gasteiger partial charge in [-0.3, -0.25) is 4.68 Å². The van der Waals surface area contributed by atoms with Gasteiger partial charge in [0.05, 0.1) is 16.2 Å². The average Bonchev–Trinajstić information content (AvgIpc) is 2.85. The predicted octanol–water partition coefficient (Wildman–Crippen LogP) is 4.89. The van der Waals surface area contributed by atoms with E-state index >= 15 is 0 Å². The summed E-state index contributed by atoms with van der Waals surface area (Å²) in [5, 5.41) is 5.30. The second-order valence-electron chi connectivity index (χ2n) is 5.32. The highest BCUT2D eigenvalue weighted by atomic mass is 79.9. The number of anilines is 1. The number of hydrogen-bond acceptors (Lipinski definition) is 3. The van der Waals surface area contributed by atoms with Gasteiger partial charge in [0.1, 0.15) is 5.75 Å². The number of aromatic nitrogens is 2. The van der Waals surface area contributed by atoms with Crippen LogP contribution in [0, 0.1) is 5.82 Å². The molecule has 0 aliphatic carbocycles. The molecule has 114 valence electrons. The molecule has 0 aliphatic rings. The van der Waals surface area contributed by atoms with Gasteiger partial charge in [0.2, 0.25) is 0 Å². The van der Waals surface area contributed by atoms with Crippen molar-refractivity contribution in [3.8, 4) is 11.5 Å². The summed E-state index contributed by atoms with van der Waals surface area (Å²) in [6.07, 6.45) is 1.77. The van der Waals surface area contributed by atoms with Crippen molar-refractivity contribution in [2.45, 2.75) is 19.9 Å². The van der Waals surface area contributed by atoms with E-state index in [1.807, 2.05) is 16.8 Å². The Morgan fingerprint density at radius 3 is 2.68 bits per heavy atom. The number of fused-ring (bicyclic) bond motifs is 1. The Morgan fingerprint density at radius 2 is 2.00 bits per heavy atom. The molecule has 22 heavy (non-hydrogen) atoms. The monoisotopic (exact) mass is 363 g/mol. The maximum atomic E-state index is 13.9. The molecule has 1 aromatic heterocycles. The molecule has 0 spiro atoms. The third-order valence-corrected chi connectivity index (χ3v) is 3.93. The van der Waals surface area contributed by atoms with Gasteiger partial charge in [-0.25, -0.2) is 4.39 Å². The van der Waals surface area contributed by atoms with Gasteiger partial charge >= 0.3 is 0 Å². The summed E-state index contributed by atoms with van der Waals surface area (Å²) in [5.74, 6) is 0.162. The van der Waals surface area contributed by atoms with E-state index < -0.39 is 5.82 Å². The van der Waals surface area contributed by atoms with Crippen molar-refractivity contribution < 1.29 is 9.13 Å². The molecule has 0 bridgehead atoms. The average molecular weight is 364 g/mol. The third kappa shape index (κ3) is 2.66. The molecule has 6 heteroatoms. The smallest absolute Gasteiger partial charge is 0.167 e. The van der Waals surface area contributed by atoms with Gasteiger partial charge in [0.15, 0.2) is 11.6 Å². The molecule has 0 saturated carbocycles. The number of nitrogen functional groups attached to an aromatic ring is 1. The van der Waals surface area contributed by atoms with E-state index in [2.05, 4.69) is 34.9 Å². The van der Waals surface area contributed by atoms with E-state index in [0.29, 0.717) is 11.4 Å². The van der Waals surface area contributed by atoms with Crippen LogP contribution in [-0.4, -0.2) is 9.78 Å². The van der Waals surface area contributed by atoms with Gasteiger partial charge in [-0.2, -0.15) is 5.10 Å². The first kappa shape index (κ1) is 14.8. The first-order valence-electron chi connectivity index (χ1n) is 6.85. The number of ether oxygens (including phenoxy) is 1. The van der Waals surface area contributed by atoms with Gasteiger partial charge in [-0.15, -0.1) is 0 Å². The molecule has 0 radical (unpaired) electrons. The molecule has 0 saturated heterocycles. The number of hydrogen-bond donors (Lipinski definition) is 1. The minimum atomic E-state index is -0.495. The summed E-state index contributed by atoms with van der Waals surface area (Å²) in [4.78, 5) is 0. The fourth-order valence-corrected chi connectivity index (χ4v) is 2.67. The summed E-state index contributed by atoms with van der Waals surface area (Å²) in [5.41, 5.74) is 6.89. The first-order valence-corrected chi connectivity index (χ1v) is 7.64. The summed E-state index contributed by atoms with van der Waals surface area (Å²) in [7, 11) is 0. The van der Waals surface area contributed by atoms with Crippen LogP contribution < -0.4 is 10.5 Å². The van der Waals surface area contributed by atoms with E-state index in [0.717, 1.165) is 15.4 Å². The lowest BCUT2D eigenvalue weighted by atomic mass is 10.2. The molecule has 3 aromatic rings. The van der Waals surface area contributed by atoms with Gasteiger partial charge in [-0.1, -0.05) is 0 Å². The van der Waals surface area contributed by atoms with Crippen molar-refractivity contribution in [3.63, 3.8) is 0 Å². The maximum absolute atomic E-state index is 13.9. The molecule has 0 amide bonds. The lowest BCUT2D eigenvalue weighted by Gasteiger charge is -2.11. The molecule has 0 aliphatic heterocycles. The van der Waals surface area contributed by atoms with Crippen LogP contribution in [-0.2, 0) is 0 Å². The first-order chi connectivity index (χ1) is 10.5. The quantitative estimate of drug-likeness (QED) is 0.673. The highest BCUT2D eigenvalue weighted by molar-refractivity contribution is 9.10. The lowest BCUT2D eigenvalue weighted by molar-refractivity contribution is 0.441. The van der Waals surface area contributed by atoms with Crippen LogP contribution in [0.1, 0.15) is 19.9 Å². The van der Waals surface area contributed by atoms with Gasteiger partial charge in [-0.05, 0) is 54.0 Å². The third-order valence-electron chi connectivity index (χ3n) is 3.31. The zero-order valence-corrected chi connectivity index (χ0v) is 13.8. The lowest BCUT2D eigenvalue weighted by Crippen LogP contribution is -2.01. The van der Waals surface area contributed by atoms with Crippen molar-refractivity contribution in [2.75, 3.05) is 5.73 Å². The van der Waals surface area contributed by atoms with Crippen LogP contribution in [0.25, 0.3) is 10.9 Å². The van der Waals surface area contributed by atoms with Crippen LogP contribution in [0.4, 0.5) is 10.1 Å². The zero-order chi connectivity index (χ0) is 15.9. The molecule has 2 aromatic carbocycles. The standard InChI is InChI=1S/C16H15BrFN3O/c1-9(2)21-14-7-12(17)16(5-10(14)8-20-21)22-15-4-3-11(19)6-13(15)18/h3-9H,19H2,1-2H3. The highest BCUT2D eigenvalue weighted by Crippen LogP contribution is 2.35. The van der Waals surface area contributed by atoms with Crippen LogP contribution in [0.2, 0.25) is 0 Å². The van der Waals surface area contributed by atoms with Crippen molar-refractivity contribution >= 4 is 32.5 Å². The fourth-order valence-electron chi connectivity index (χ4n) is 2.26. The molecule has 1 heterocycles. The Hall–Kier alpha value is -2.08. The summed E-state index contributed by atoms with van der Waals surface area (Å²) >= 11 is 3.47. The van der Waals surface area contributed by atoms with E-state index in [9.17, 15) is 4.39 Å². The number of nitrogens with two attached hydrogens (primary N) is 1. The number of rotatable bonds is 3. The predicted molar refractivity (Wildman–Crippen MR) is 88.7 cm³/mol. The number of nitrogens with zero attached hydrogens (tertiary/aromatic N) is 2. The normalized spacial score (nSPS) is 11.3. The highest BCUT2D eigenvalue weighted by Gasteiger charge is 2.13. The Morgan fingerprint density at radius 1 is 1.23 bits per heavy atom. The molecule has 4 nitrogen and oxygen atoms in total. The van der Waals surface area contributed by atoms with Crippen molar-refractivity contribution in [1.82, 2.24) is 9.78 Å². The SMILES string of the molecule is CC(C)n1ncc2cc(Oc3ccc(N)cc3F)c(Br)cc21. The van der Waals surface area contributed by atoms with Crippen LogP contribution in [0.15, 0.2) is 41.0 Å². The Bertz CT molecular complexity index is 845.